The van der Waals surface area contributed by atoms with Crippen LogP contribution < -0.4 is 5.32 Å². The number of fused-ring (bicyclic) bond motifs is 1. The molecule has 1 atom stereocenters. The zero-order valence-corrected chi connectivity index (χ0v) is 19.1. The number of piperidine rings is 1. The number of rotatable bonds is 6. The largest absolute Gasteiger partial charge is 0.360 e. The van der Waals surface area contributed by atoms with Gasteiger partial charge < -0.3 is 5.32 Å². The fourth-order valence-electron chi connectivity index (χ4n) is 4.24. The lowest BCUT2D eigenvalue weighted by Gasteiger charge is -2.29. The Bertz CT molecular complexity index is 984. The van der Waals surface area contributed by atoms with Crippen LogP contribution in [0.2, 0.25) is 0 Å². The monoisotopic (exact) mass is 427 g/mol. The fraction of sp³-hybridized carbons (Fsp3) is 0.591. The molecule has 5 rings (SSSR count). The highest BCUT2D eigenvalue weighted by Crippen LogP contribution is 2.44. The smallest absolute Gasteiger partial charge is 0.146 e. The van der Waals surface area contributed by atoms with E-state index in [1.807, 2.05) is 6.20 Å². The number of hydrogen-bond acceptors (Lipinski definition) is 7. The molecule has 0 aromatic carbocycles. The van der Waals surface area contributed by atoms with Crippen LogP contribution >= 0.6 is 22.7 Å². The molecule has 0 unspecified atom stereocenters. The van der Waals surface area contributed by atoms with Crippen molar-refractivity contribution in [2.45, 2.75) is 59.0 Å². The molecule has 3 aromatic heterocycles. The molecule has 0 radical (unpaired) electrons. The first-order valence-corrected chi connectivity index (χ1v) is 12.4. The molecule has 7 heteroatoms. The van der Waals surface area contributed by atoms with Crippen molar-refractivity contribution < 1.29 is 0 Å². The van der Waals surface area contributed by atoms with E-state index in [9.17, 15) is 0 Å². The molecule has 1 saturated heterocycles. The highest BCUT2D eigenvalue weighted by atomic mass is 32.1. The van der Waals surface area contributed by atoms with Crippen molar-refractivity contribution in [3.8, 4) is 0 Å². The Morgan fingerprint density at radius 2 is 1.97 bits per heavy atom. The molecule has 29 heavy (non-hydrogen) atoms. The van der Waals surface area contributed by atoms with Gasteiger partial charge in [-0.05, 0) is 70.0 Å². The Hall–Kier alpha value is -1.57. The molecule has 0 spiro atoms. The number of nitrogens with zero attached hydrogens (tertiary/aromatic N) is 4. The minimum absolute atomic E-state index is 0.261. The van der Waals surface area contributed by atoms with Crippen molar-refractivity contribution in [2.75, 3.05) is 18.4 Å². The normalized spacial score (nSPS) is 19.7. The SMILES string of the molecule is Cc1sc2nc(CN3CCC(C)CC3)nc(N[C@H](c3nccs3)C3CC3)c2c1C. The number of nitrogens with one attached hydrogen (secondary N) is 1. The van der Waals surface area contributed by atoms with E-state index in [4.69, 9.17) is 9.97 Å². The first-order valence-electron chi connectivity index (χ1n) is 10.7. The fourth-order valence-corrected chi connectivity index (χ4v) is 6.06. The quantitative estimate of drug-likeness (QED) is 0.558. The van der Waals surface area contributed by atoms with Crippen LogP contribution in [0.1, 0.15) is 59.9 Å². The average Bonchev–Trinajstić information content (AvgIpc) is 3.32. The second-order valence-corrected chi connectivity index (χ2v) is 10.9. The van der Waals surface area contributed by atoms with Crippen molar-refractivity contribution in [2.24, 2.45) is 11.8 Å². The minimum atomic E-state index is 0.261. The molecule has 2 fully saturated rings. The lowest BCUT2D eigenvalue weighted by molar-refractivity contribution is 0.181. The first kappa shape index (κ1) is 19.4. The maximum absolute atomic E-state index is 5.07. The summed E-state index contributed by atoms with van der Waals surface area (Å²) in [6, 6.07) is 0.261. The summed E-state index contributed by atoms with van der Waals surface area (Å²) >= 11 is 3.54. The molecule has 1 aliphatic heterocycles. The van der Waals surface area contributed by atoms with Crippen LogP contribution in [-0.4, -0.2) is 32.9 Å². The van der Waals surface area contributed by atoms with Gasteiger partial charge in [0.15, 0.2) is 0 Å². The first-order chi connectivity index (χ1) is 14.1. The standard InChI is InChI=1S/C22H29N5S2/c1-13-6-9-27(10-7-13)12-17-24-20(18-14(2)15(3)29-21(18)25-17)26-19(16-4-5-16)22-23-8-11-28-22/h8,11,13,16,19H,4-7,9-10,12H2,1-3H3,(H,24,25,26)/t19-/m0/s1. The van der Waals surface area contributed by atoms with Crippen LogP contribution in [0.25, 0.3) is 10.2 Å². The van der Waals surface area contributed by atoms with Crippen LogP contribution in [0.5, 0.6) is 0 Å². The molecule has 3 aromatic rings. The Morgan fingerprint density at radius 1 is 1.17 bits per heavy atom. The molecule has 5 nitrogen and oxygen atoms in total. The number of hydrogen-bond donors (Lipinski definition) is 1. The predicted molar refractivity (Wildman–Crippen MR) is 122 cm³/mol. The van der Waals surface area contributed by atoms with Gasteiger partial charge in [0.05, 0.1) is 18.0 Å². The van der Waals surface area contributed by atoms with Gasteiger partial charge in [-0.2, -0.15) is 0 Å². The highest BCUT2D eigenvalue weighted by Gasteiger charge is 2.35. The molecule has 154 valence electrons. The van der Waals surface area contributed by atoms with E-state index in [1.165, 1.54) is 46.5 Å². The summed E-state index contributed by atoms with van der Waals surface area (Å²) in [6.45, 7) is 9.89. The van der Waals surface area contributed by atoms with Crippen molar-refractivity contribution in [3.05, 3.63) is 32.8 Å². The van der Waals surface area contributed by atoms with Gasteiger partial charge in [-0.3, -0.25) is 4.90 Å². The van der Waals surface area contributed by atoms with E-state index >= 15 is 0 Å². The van der Waals surface area contributed by atoms with Gasteiger partial charge in [-0.25, -0.2) is 15.0 Å². The van der Waals surface area contributed by atoms with E-state index in [-0.39, 0.29) is 6.04 Å². The molecule has 1 N–H and O–H groups in total. The topological polar surface area (TPSA) is 53.9 Å². The molecule has 0 bridgehead atoms. The van der Waals surface area contributed by atoms with Crippen LogP contribution in [0.4, 0.5) is 5.82 Å². The summed E-state index contributed by atoms with van der Waals surface area (Å²) in [7, 11) is 0. The van der Waals surface area contributed by atoms with Crippen molar-refractivity contribution in [1.82, 2.24) is 19.9 Å². The second-order valence-electron chi connectivity index (χ2n) is 8.74. The minimum Gasteiger partial charge on any atom is -0.360 e. The summed E-state index contributed by atoms with van der Waals surface area (Å²) < 4.78 is 0. The van der Waals surface area contributed by atoms with Gasteiger partial charge in [0.1, 0.15) is 21.5 Å². The third-order valence-corrected chi connectivity index (χ3v) is 8.38. The van der Waals surface area contributed by atoms with E-state index in [1.54, 1.807) is 22.7 Å². The zero-order valence-electron chi connectivity index (χ0n) is 17.4. The van der Waals surface area contributed by atoms with Crippen LogP contribution in [0.3, 0.4) is 0 Å². The number of likely N-dealkylation sites (tertiary alicyclic amines) is 1. The zero-order chi connectivity index (χ0) is 20.0. The number of thiazole rings is 1. The molecule has 2 aliphatic rings. The van der Waals surface area contributed by atoms with Gasteiger partial charge in [0.25, 0.3) is 0 Å². The van der Waals surface area contributed by atoms with Gasteiger partial charge in [0.2, 0.25) is 0 Å². The maximum atomic E-state index is 5.07. The van der Waals surface area contributed by atoms with Crippen LogP contribution in [-0.2, 0) is 6.54 Å². The summed E-state index contributed by atoms with van der Waals surface area (Å²) in [6.07, 6.45) is 7.00. The predicted octanol–water partition coefficient (Wildman–Crippen LogP) is 5.56. The second kappa shape index (κ2) is 7.93. The summed E-state index contributed by atoms with van der Waals surface area (Å²) in [5, 5.41) is 8.26. The summed E-state index contributed by atoms with van der Waals surface area (Å²) in [5.74, 6) is 3.46. The average molecular weight is 428 g/mol. The molecular formula is C22H29N5S2. The van der Waals surface area contributed by atoms with E-state index in [2.05, 4.69) is 41.4 Å². The lowest BCUT2D eigenvalue weighted by Crippen LogP contribution is -2.33. The lowest BCUT2D eigenvalue weighted by atomic mass is 9.99. The number of anilines is 1. The maximum Gasteiger partial charge on any atom is 0.146 e. The molecule has 1 aliphatic carbocycles. The van der Waals surface area contributed by atoms with Crippen molar-refractivity contribution in [3.63, 3.8) is 0 Å². The molecular weight excluding hydrogens is 398 g/mol. The Morgan fingerprint density at radius 3 is 2.66 bits per heavy atom. The van der Waals surface area contributed by atoms with Gasteiger partial charge >= 0.3 is 0 Å². The summed E-state index contributed by atoms with van der Waals surface area (Å²) in [5.41, 5.74) is 1.31. The number of aryl methyl sites for hydroxylation is 2. The molecule has 0 amide bonds. The Labute approximate surface area is 180 Å². The van der Waals surface area contributed by atoms with E-state index in [0.29, 0.717) is 5.92 Å². The Kier molecular flexibility index (Phi) is 5.30. The highest BCUT2D eigenvalue weighted by molar-refractivity contribution is 7.18. The summed E-state index contributed by atoms with van der Waals surface area (Å²) in [4.78, 5) is 19.6. The Balaban J connectivity index is 1.48. The van der Waals surface area contributed by atoms with Crippen LogP contribution in [0, 0.1) is 25.7 Å². The van der Waals surface area contributed by atoms with E-state index < -0.39 is 0 Å². The van der Waals surface area contributed by atoms with Gasteiger partial charge in [-0.15, -0.1) is 22.7 Å². The molecule has 1 saturated carbocycles. The third-order valence-electron chi connectivity index (χ3n) is 6.42. The third kappa shape index (κ3) is 4.05. The molecule has 4 heterocycles. The number of aromatic nitrogens is 3. The number of thiophene rings is 1. The van der Waals surface area contributed by atoms with E-state index in [0.717, 1.165) is 42.0 Å². The van der Waals surface area contributed by atoms with Crippen LogP contribution in [0.15, 0.2) is 11.6 Å². The van der Waals surface area contributed by atoms with Gasteiger partial charge in [0, 0.05) is 16.5 Å². The van der Waals surface area contributed by atoms with Crippen molar-refractivity contribution in [1.29, 1.82) is 0 Å². The van der Waals surface area contributed by atoms with Gasteiger partial charge in [-0.1, -0.05) is 6.92 Å². The van der Waals surface area contributed by atoms with Crippen molar-refractivity contribution >= 4 is 38.7 Å².